The number of nitrogens with one attached hydrogen (secondary N) is 1. The molecule has 16 heavy (non-hydrogen) atoms. The van der Waals surface area contributed by atoms with Crippen molar-refractivity contribution in [1.82, 2.24) is 9.88 Å². The van der Waals surface area contributed by atoms with Crippen LogP contribution in [0, 0.1) is 0 Å². The highest BCUT2D eigenvalue weighted by Gasteiger charge is 2.14. The van der Waals surface area contributed by atoms with E-state index in [4.69, 9.17) is 0 Å². The third kappa shape index (κ3) is 3.03. The van der Waals surface area contributed by atoms with Crippen molar-refractivity contribution in [2.75, 3.05) is 19.4 Å². The Morgan fingerprint density at radius 3 is 2.50 bits per heavy atom. The van der Waals surface area contributed by atoms with Crippen LogP contribution < -0.4 is 5.32 Å². The van der Waals surface area contributed by atoms with Gasteiger partial charge in [-0.25, -0.2) is 4.98 Å². The molecule has 86 valence electrons. The molecule has 6 heteroatoms. The lowest BCUT2D eigenvalue weighted by atomic mass is 10.3. The summed E-state index contributed by atoms with van der Waals surface area (Å²) in [7, 11) is 3.28. The van der Waals surface area contributed by atoms with Crippen molar-refractivity contribution in [3.05, 3.63) is 22.3 Å². The van der Waals surface area contributed by atoms with Crippen LogP contribution in [0.25, 0.3) is 0 Å². The zero-order valence-electron chi connectivity index (χ0n) is 9.24. The van der Waals surface area contributed by atoms with E-state index in [1.165, 1.54) is 11.8 Å². The van der Waals surface area contributed by atoms with E-state index in [1.54, 1.807) is 26.2 Å². The second-order valence-electron chi connectivity index (χ2n) is 3.41. The van der Waals surface area contributed by atoms with Crippen LogP contribution in [0.2, 0.25) is 0 Å². The molecule has 0 aromatic carbocycles. The Hall–Kier alpha value is -1.43. The normalized spacial score (nSPS) is 9.75. The van der Waals surface area contributed by atoms with Crippen LogP contribution in [0.5, 0.6) is 0 Å². The van der Waals surface area contributed by atoms with Crippen molar-refractivity contribution in [3.8, 4) is 0 Å². The molecule has 1 heterocycles. The number of pyridine rings is 1. The van der Waals surface area contributed by atoms with Gasteiger partial charge in [-0.1, -0.05) is 0 Å². The fraction of sp³-hybridized carbons (Fsp3) is 0.300. The summed E-state index contributed by atoms with van der Waals surface area (Å²) in [5.74, 6) is -0.0851. The molecule has 0 atom stereocenters. The molecule has 1 rings (SSSR count). The Labute approximate surface area is 102 Å². The van der Waals surface area contributed by atoms with Crippen LogP contribution in [-0.2, 0) is 4.79 Å². The summed E-state index contributed by atoms with van der Waals surface area (Å²) in [6.07, 6.45) is 0. The largest absolute Gasteiger partial charge is 0.343 e. The standard InChI is InChI=1S/C10H12BrN3O2/c1-6(15)12-8-5-4-7(11)9(13-8)10(16)14(2)3/h4-5H,1-3H3,(H,12,13,15). The van der Waals surface area contributed by atoms with Crippen molar-refractivity contribution >= 4 is 33.6 Å². The van der Waals surface area contributed by atoms with Crippen LogP contribution >= 0.6 is 15.9 Å². The zero-order chi connectivity index (χ0) is 12.3. The summed E-state index contributed by atoms with van der Waals surface area (Å²) in [5.41, 5.74) is 0.274. The molecule has 0 aliphatic rings. The molecule has 5 nitrogen and oxygen atoms in total. The van der Waals surface area contributed by atoms with E-state index in [9.17, 15) is 9.59 Å². The zero-order valence-corrected chi connectivity index (χ0v) is 10.8. The number of carbonyl (C=O) groups excluding carboxylic acids is 2. The van der Waals surface area contributed by atoms with Gasteiger partial charge in [0.05, 0.1) is 0 Å². The maximum atomic E-state index is 11.7. The number of rotatable bonds is 2. The summed E-state index contributed by atoms with van der Waals surface area (Å²) < 4.78 is 0.598. The van der Waals surface area contributed by atoms with Gasteiger partial charge in [0, 0.05) is 25.5 Å². The second kappa shape index (κ2) is 5.07. The third-order valence-electron chi connectivity index (χ3n) is 1.76. The number of carbonyl (C=O) groups is 2. The van der Waals surface area contributed by atoms with Gasteiger partial charge in [-0.15, -0.1) is 0 Å². The van der Waals surface area contributed by atoms with E-state index in [1.807, 2.05) is 0 Å². The van der Waals surface area contributed by atoms with Crippen molar-refractivity contribution < 1.29 is 9.59 Å². The van der Waals surface area contributed by atoms with Gasteiger partial charge in [0.15, 0.2) is 0 Å². The van der Waals surface area contributed by atoms with Crippen molar-refractivity contribution in [1.29, 1.82) is 0 Å². The molecule has 2 amide bonds. The Kier molecular flexibility index (Phi) is 4.00. The molecule has 1 aromatic heterocycles. The molecular weight excluding hydrogens is 274 g/mol. The lowest BCUT2D eigenvalue weighted by molar-refractivity contribution is -0.114. The Bertz CT molecular complexity index is 432. The minimum atomic E-state index is -0.224. The summed E-state index contributed by atoms with van der Waals surface area (Å²) in [6.45, 7) is 1.39. The van der Waals surface area contributed by atoms with Crippen molar-refractivity contribution in [2.24, 2.45) is 0 Å². The summed E-state index contributed by atoms with van der Waals surface area (Å²) in [6, 6.07) is 3.30. The highest BCUT2D eigenvalue weighted by atomic mass is 79.9. The van der Waals surface area contributed by atoms with Gasteiger partial charge < -0.3 is 10.2 Å². The van der Waals surface area contributed by atoms with Gasteiger partial charge in [0.25, 0.3) is 5.91 Å². The molecule has 0 fully saturated rings. The van der Waals surface area contributed by atoms with Gasteiger partial charge in [0.2, 0.25) is 5.91 Å². The highest BCUT2D eigenvalue weighted by molar-refractivity contribution is 9.10. The Morgan fingerprint density at radius 1 is 1.38 bits per heavy atom. The molecule has 1 aromatic rings. The van der Waals surface area contributed by atoms with Gasteiger partial charge in [-0.2, -0.15) is 0 Å². The van der Waals surface area contributed by atoms with Crippen LogP contribution in [0.15, 0.2) is 16.6 Å². The molecule has 0 aliphatic carbocycles. The van der Waals surface area contributed by atoms with Crippen LogP contribution in [0.4, 0.5) is 5.82 Å². The number of aromatic nitrogens is 1. The first kappa shape index (κ1) is 12.6. The van der Waals surface area contributed by atoms with E-state index in [2.05, 4.69) is 26.2 Å². The fourth-order valence-electron chi connectivity index (χ4n) is 1.05. The predicted molar refractivity (Wildman–Crippen MR) is 64.3 cm³/mol. The van der Waals surface area contributed by atoms with E-state index < -0.39 is 0 Å². The maximum Gasteiger partial charge on any atom is 0.273 e. The molecule has 0 spiro atoms. The fourth-order valence-corrected chi connectivity index (χ4v) is 1.44. The maximum absolute atomic E-state index is 11.7. The number of hydrogen-bond donors (Lipinski definition) is 1. The predicted octanol–water partition coefficient (Wildman–Crippen LogP) is 1.50. The molecule has 0 saturated heterocycles. The smallest absolute Gasteiger partial charge is 0.273 e. The van der Waals surface area contributed by atoms with E-state index in [0.29, 0.717) is 10.3 Å². The summed E-state index contributed by atoms with van der Waals surface area (Å²) in [4.78, 5) is 28.1. The van der Waals surface area contributed by atoms with E-state index in [0.717, 1.165) is 0 Å². The molecular formula is C10H12BrN3O2. The lowest BCUT2D eigenvalue weighted by Crippen LogP contribution is -2.23. The van der Waals surface area contributed by atoms with Crippen LogP contribution in [0.1, 0.15) is 17.4 Å². The minimum absolute atomic E-state index is 0.223. The van der Waals surface area contributed by atoms with Crippen molar-refractivity contribution in [2.45, 2.75) is 6.92 Å². The van der Waals surface area contributed by atoms with Gasteiger partial charge in [-0.05, 0) is 28.1 Å². The number of nitrogens with zero attached hydrogens (tertiary/aromatic N) is 2. The van der Waals surface area contributed by atoms with Crippen LogP contribution in [-0.4, -0.2) is 35.8 Å². The third-order valence-corrected chi connectivity index (χ3v) is 2.40. The highest BCUT2D eigenvalue weighted by Crippen LogP contribution is 2.18. The quantitative estimate of drug-likeness (QED) is 0.896. The molecule has 0 bridgehead atoms. The number of hydrogen-bond acceptors (Lipinski definition) is 3. The first-order valence-electron chi connectivity index (χ1n) is 4.57. The average Bonchev–Trinajstić information content (AvgIpc) is 2.19. The first-order chi connectivity index (χ1) is 7.41. The molecule has 0 saturated carbocycles. The Balaban J connectivity index is 3.08. The topological polar surface area (TPSA) is 62.3 Å². The van der Waals surface area contributed by atoms with Gasteiger partial charge in [0.1, 0.15) is 11.5 Å². The van der Waals surface area contributed by atoms with E-state index in [-0.39, 0.29) is 17.5 Å². The number of anilines is 1. The molecule has 1 N–H and O–H groups in total. The second-order valence-corrected chi connectivity index (χ2v) is 4.26. The molecule has 0 unspecified atom stereocenters. The van der Waals surface area contributed by atoms with Gasteiger partial charge in [-0.3, -0.25) is 9.59 Å². The number of amides is 2. The lowest BCUT2D eigenvalue weighted by Gasteiger charge is -2.11. The number of halogens is 1. The van der Waals surface area contributed by atoms with Gasteiger partial charge >= 0.3 is 0 Å². The van der Waals surface area contributed by atoms with E-state index >= 15 is 0 Å². The minimum Gasteiger partial charge on any atom is -0.343 e. The molecule has 0 aliphatic heterocycles. The summed E-state index contributed by atoms with van der Waals surface area (Å²) in [5, 5.41) is 2.52. The monoisotopic (exact) mass is 285 g/mol. The first-order valence-corrected chi connectivity index (χ1v) is 5.37. The Morgan fingerprint density at radius 2 is 2.00 bits per heavy atom. The summed E-state index contributed by atoms with van der Waals surface area (Å²) >= 11 is 3.24. The van der Waals surface area contributed by atoms with Crippen molar-refractivity contribution in [3.63, 3.8) is 0 Å². The SMILES string of the molecule is CC(=O)Nc1ccc(Br)c(C(=O)N(C)C)n1. The average molecular weight is 286 g/mol. The van der Waals surface area contributed by atoms with Crippen LogP contribution in [0.3, 0.4) is 0 Å². The molecule has 0 radical (unpaired) electrons.